The van der Waals surface area contributed by atoms with Gasteiger partial charge in [0.25, 0.3) is 5.91 Å². The van der Waals surface area contributed by atoms with Crippen LogP contribution in [-0.2, 0) is 0 Å². The maximum absolute atomic E-state index is 12.0. The predicted molar refractivity (Wildman–Crippen MR) is 80.4 cm³/mol. The number of benzene rings is 1. The molecule has 2 aromatic rings. The number of hydrogen-bond donors (Lipinski definition) is 1. The molecular weight excluding hydrogens is 336 g/mol. The minimum absolute atomic E-state index is 0.123. The number of pyridine rings is 1. The molecule has 1 aromatic carbocycles. The number of nitrogens with zero attached hydrogens (tertiary/aromatic N) is 2. The van der Waals surface area contributed by atoms with Gasteiger partial charge in [0, 0.05) is 29.8 Å². The number of aliphatic hydroxyl groups excluding tert-OH is 1. The van der Waals surface area contributed by atoms with Crippen molar-refractivity contribution in [3.05, 3.63) is 52.6 Å². The summed E-state index contributed by atoms with van der Waals surface area (Å²) >= 11 is 3.37. The number of carbonyl (C=O) groups excluding carboxylic acids is 1. The molecule has 108 valence electrons. The van der Waals surface area contributed by atoms with Crippen molar-refractivity contribution in [1.29, 1.82) is 0 Å². The Morgan fingerprint density at radius 1 is 1.33 bits per heavy atom. The topological polar surface area (TPSA) is 62.7 Å². The molecular formula is C15H13BrN2O3. The van der Waals surface area contributed by atoms with E-state index in [1.54, 1.807) is 17.0 Å². The van der Waals surface area contributed by atoms with Gasteiger partial charge in [-0.05, 0) is 24.3 Å². The van der Waals surface area contributed by atoms with Crippen molar-refractivity contribution in [3.8, 4) is 11.6 Å². The van der Waals surface area contributed by atoms with Crippen molar-refractivity contribution in [2.75, 3.05) is 13.1 Å². The van der Waals surface area contributed by atoms with E-state index in [0.717, 1.165) is 4.47 Å². The van der Waals surface area contributed by atoms with Gasteiger partial charge >= 0.3 is 0 Å². The summed E-state index contributed by atoms with van der Waals surface area (Å²) in [7, 11) is 0. The fourth-order valence-electron chi connectivity index (χ4n) is 2.02. The molecule has 6 heteroatoms. The molecule has 1 aliphatic rings. The van der Waals surface area contributed by atoms with Gasteiger partial charge < -0.3 is 14.7 Å². The first-order chi connectivity index (χ1) is 10.1. The lowest BCUT2D eigenvalue weighted by molar-refractivity contribution is 0.00586. The Kier molecular flexibility index (Phi) is 3.90. The van der Waals surface area contributed by atoms with E-state index in [0.29, 0.717) is 30.3 Å². The van der Waals surface area contributed by atoms with Crippen LogP contribution in [0.25, 0.3) is 0 Å². The van der Waals surface area contributed by atoms with Crippen molar-refractivity contribution < 1.29 is 14.6 Å². The number of rotatable bonds is 3. The number of aromatic nitrogens is 1. The van der Waals surface area contributed by atoms with Crippen molar-refractivity contribution in [3.63, 3.8) is 0 Å². The average Bonchev–Trinajstić information content (AvgIpc) is 2.44. The summed E-state index contributed by atoms with van der Waals surface area (Å²) < 4.78 is 6.53. The van der Waals surface area contributed by atoms with Gasteiger partial charge in [-0.2, -0.15) is 0 Å². The van der Waals surface area contributed by atoms with Gasteiger partial charge in [-0.15, -0.1) is 0 Å². The number of ether oxygens (including phenoxy) is 1. The maximum atomic E-state index is 12.0. The second-order valence-corrected chi connectivity index (χ2v) is 5.72. The van der Waals surface area contributed by atoms with Crippen LogP contribution in [-0.4, -0.2) is 40.1 Å². The maximum Gasteiger partial charge on any atom is 0.255 e. The molecule has 0 radical (unpaired) electrons. The highest BCUT2D eigenvalue weighted by molar-refractivity contribution is 9.10. The first kappa shape index (κ1) is 14.0. The zero-order valence-electron chi connectivity index (χ0n) is 11.1. The Balaban J connectivity index is 1.68. The fraction of sp³-hybridized carbons (Fsp3) is 0.200. The Morgan fingerprint density at radius 2 is 2.14 bits per heavy atom. The lowest BCUT2D eigenvalue weighted by atomic mass is 10.1. The zero-order valence-corrected chi connectivity index (χ0v) is 12.7. The Bertz CT molecular complexity index is 654. The van der Waals surface area contributed by atoms with Crippen LogP contribution >= 0.6 is 15.9 Å². The number of hydrogen-bond acceptors (Lipinski definition) is 4. The van der Waals surface area contributed by atoms with E-state index < -0.39 is 6.10 Å². The van der Waals surface area contributed by atoms with Crippen LogP contribution in [0.2, 0.25) is 0 Å². The van der Waals surface area contributed by atoms with E-state index in [-0.39, 0.29) is 5.91 Å². The monoisotopic (exact) mass is 348 g/mol. The Labute approximate surface area is 130 Å². The molecule has 0 bridgehead atoms. The minimum Gasteiger partial charge on any atom is -0.439 e. The number of β-amino-alcohol motifs (C(OH)–C–C–N with tert-alkyl or cyclic N) is 1. The van der Waals surface area contributed by atoms with Crippen LogP contribution in [0.15, 0.2) is 47.1 Å². The fourth-order valence-corrected chi connectivity index (χ4v) is 2.40. The highest BCUT2D eigenvalue weighted by Gasteiger charge is 2.29. The second-order valence-electron chi connectivity index (χ2n) is 4.81. The molecule has 0 aliphatic carbocycles. The van der Waals surface area contributed by atoms with Gasteiger partial charge in [0.15, 0.2) is 0 Å². The van der Waals surface area contributed by atoms with Crippen molar-refractivity contribution >= 4 is 21.8 Å². The summed E-state index contributed by atoms with van der Waals surface area (Å²) in [5.74, 6) is 0.969. The van der Waals surface area contributed by atoms with Crippen LogP contribution in [0.4, 0.5) is 0 Å². The van der Waals surface area contributed by atoms with Gasteiger partial charge in [-0.3, -0.25) is 4.79 Å². The molecule has 2 heterocycles. The van der Waals surface area contributed by atoms with Gasteiger partial charge in [-0.1, -0.05) is 22.0 Å². The molecule has 1 saturated heterocycles. The van der Waals surface area contributed by atoms with Gasteiger partial charge in [0.05, 0.1) is 11.7 Å². The molecule has 1 aliphatic heterocycles. The summed E-state index contributed by atoms with van der Waals surface area (Å²) in [6.45, 7) is 0.768. The highest BCUT2D eigenvalue weighted by atomic mass is 79.9. The summed E-state index contributed by atoms with van der Waals surface area (Å²) in [5, 5.41) is 9.21. The lowest BCUT2D eigenvalue weighted by Gasteiger charge is -2.35. The van der Waals surface area contributed by atoms with Crippen LogP contribution in [0.5, 0.6) is 11.6 Å². The highest BCUT2D eigenvalue weighted by Crippen LogP contribution is 2.23. The van der Waals surface area contributed by atoms with E-state index in [1.165, 1.54) is 6.20 Å². The van der Waals surface area contributed by atoms with Crippen molar-refractivity contribution in [2.45, 2.75) is 6.10 Å². The van der Waals surface area contributed by atoms with E-state index >= 15 is 0 Å². The van der Waals surface area contributed by atoms with E-state index in [2.05, 4.69) is 20.9 Å². The van der Waals surface area contributed by atoms with Gasteiger partial charge in [0.2, 0.25) is 5.88 Å². The quantitative estimate of drug-likeness (QED) is 0.925. The summed E-state index contributed by atoms with van der Waals surface area (Å²) in [6, 6.07) is 10.8. The van der Waals surface area contributed by atoms with Crippen LogP contribution in [0.1, 0.15) is 10.4 Å². The predicted octanol–water partition coefficient (Wildman–Crippen LogP) is 2.45. The third-order valence-electron chi connectivity index (χ3n) is 3.15. The van der Waals surface area contributed by atoms with Crippen molar-refractivity contribution in [2.24, 2.45) is 0 Å². The van der Waals surface area contributed by atoms with Crippen LogP contribution in [0.3, 0.4) is 0 Å². The SMILES string of the molecule is O=C(c1ccc(Oc2cccc(Br)c2)nc1)N1CC(O)C1. The summed E-state index contributed by atoms with van der Waals surface area (Å²) in [5.41, 5.74) is 0.489. The molecule has 1 aromatic heterocycles. The van der Waals surface area contributed by atoms with Crippen LogP contribution in [0, 0.1) is 0 Å². The van der Waals surface area contributed by atoms with E-state index in [9.17, 15) is 9.90 Å². The first-order valence-corrected chi connectivity index (χ1v) is 7.28. The van der Waals surface area contributed by atoms with Crippen molar-refractivity contribution in [1.82, 2.24) is 9.88 Å². The molecule has 0 saturated carbocycles. The number of aliphatic hydroxyl groups is 1. The number of likely N-dealkylation sites (tertiary alicyclic amines) is 1. The van der Waals surface area contributed by atoms with E-state index in [1.807, 2.05) is 24.3 Å². The first-order valence-electron chi connectivity index (χ1n) is 6.48. The van der Waals surface area contributed by atoms with E-state index in [4.69, 9.17) is 4.74 Å². The summed E-state index contributed by atoms with van der Waals surface area (Å²) in [6.07, 6.45) is 1.08. The second kappa shape index (κ2) is 5.83. The standard InChI is InChI=1S/C15H13BrN2O3/c16-11-2-1-3-13(6-11)21-14-5-4-10(7-17-14)15(20)18-8-12(19)9-18/h1-7,12,19H,8-9H2. The normalized spacial score (nSPS) is 14.7. The number of amides is 1. The molecule has 0 spiro atoms. The smallest absolute Gasteiger partial charge is 0.255 e. The average molecular weight is 349 g/mol. The molecule has 0 unspecified atom stereocenters. The Hall–Kier alpha value is -1.92. The molecule has 1 amide bonds. The summed E-state index contributed by atoms with van der Waals surface area (Å²) in [4.78, 5) is 17.7. The number of carbonyl (C=O) groups is 1. The van der Waals surface area contributed by atoms with Gasteiger partial charge in [-0.25, -0.2) is 4.98 Å². The molecule has 3 rings (SSSR count). The molecule has 21 heavy (non-hydrogen) atoms. The van der Waals surface area contributed by atoms with Crippen LogP contribution < -0.4 is 4.74 Å². The zero-order chi connectivity index (χ0) is 14.8. The third kappa shape index (κ3) is 3.22. The molecule has 1 fully saturated rings. The lowest BCUT2D eigenvalue weighted by Crippen LogP contribution is -2.53. The largest absolute Gasteiger partial charge is 0.439 e. The molecule has 0 atom stereocenters. The number of halogens is 1. The third-order valence-corrected chi connectivity index (χ3v) is 3.64. The molecule has 5 nitrogen and oxygen atoms in total. The minimum atomic E-state index is -0.402. The molecule has 1 N–H and O–H groups in total. The Morgan fingerprint density at radius 3 is 2.76 bits per heavy atom. The van der Waals surface area contributed by atoms with Gasteiger partial charge in [0.1, 0.15) is 5.75 Å².